The maximum Gasteiger partial charge on any atom is 0.309 e. The molecule has 0 saturated heterocycles. The fourth-order valence-electron chi connectivity index (χ4n) is 1.35. The van der Waals surface area contributed by atoms with Crippen molar-refractivity contribution in [1.29, 1.82) is 0 Å². The van der Waals surface area contributed by atoms with Crippen molar-refractivity contribution in [3.05, 3.63) is 12.7 Å². The lowest BCUT2D eigenvalue weighted by Gasteiger charge is -2.18. The largest absolute Gasteiger partial charge is 0.466 e. The van der Waals surface area contributed by atoms with Crippen molar-refractivity contribution in [3.8, 4) is 0 Å². The van der Waals surface area contributed by atoms with Crippen LogP contribution in [-0.4, -0.2) is 12.6 Å². The van der Waals surface area contributed by atoms with E-state index in [1.807, 2.05) is 19.9 Å². The number of hydrogen-bond acceptors (Lipinski definition) is 2. The quantitative estimate of drug-likeness (QED) is 0.468. The Kier molecular flexibility index (Phi) is 6.29. The average Bonchev–Trinajstić information content (AvgIpc) is 2.13. The smallest absolute Gasteiger partial charge is 0.309 e. The first-order valence-corrected chi connectivity index (χ1v) is 4.96. The highest BCUT2D eigenvalue weighted by Gasteiger charge is 2.21. The Labute approximate surface area is 81.0 Å². The summed E-state index contributed by atoms with van der Waals surface area (Å²) in [6.45, 7) is 10.0. The van der Waals surface area contributed by atoms with E-state index in [0.29, 0.717) is 6.61 Å². The molecule has 2 atom stereocenters. The number of allylic oxidation sites excluding steroid dienone is 1. The van der Waals surface area contributed by atoms with Crippen LogP contribution in [0.2, 0.25) is 0 Å². The Hall–Kier alpha value is -0.790. The molecule has 0 fully saturated rings. The lowest BCUT2D eigenvalue weighted by Crippen LogP contribution is -2.21. The Balaban J connectivity index is 4.09. The van der Waals surface area contributed by atoms with Gasteiger partial charge in [0.15, 0.2) is 0 Å². The van der Waals surface area contributed by atoms with Crippen LogP contribution >= 0.6 is 0 Å². The molecule has 0 amide bonds. The Morgan fingerprint density at radius 1 is 1.54 bits per heavy atom. The van der Waals surface area contributed by atoms with E-state index in [9.17, 15) is 4.79 Å². The van der Waals surface area contributed by atoms with Crippen molar-refractivity contribution in [2.24, 2.45) is 11.8 Å². The molecule has 0 bridgehead atoms. The minimum Gasteiger partial charge on any atom is -0.466 e. The van der Waals surface area contributed by atoms with Gasteiger partial charge in [0.25, 0.3) is 0 Å². The zero-order chi connectivity index (χ0) is 10.3. The molecule has 0 aromatic rings. The molecule has 0 unspecified atom stereocenters. The summed E-state index contributed by atoms with van der Waals surface area (Å²) in [4.78, 5) is 11.3. The molecule has 0 aliphatic carbocycles. The highest BCUT2D eigenvalue weighted by Crippen LogP contribution is 2.19. The van der Waals surface area contributed by atoms with E-state index >= 15 is 0 Å². The average molecular weight is 184 g/mol. The second kappa shape index (κ2) is 6.70. The van der Waals surface area contributed by atoms with Crippen molar-refractivity contribution < 1.29 is 9.53 Å². The Morgan fingerprint density at radius 3 is 2.54 bits per heavy atom. The van der Waals surface area contributed by atoms with Gasteiger partial charge in [-0.3, -0.25) is 4.79 Å². The summed E-state index contributed by atoms with van der Waals surface area (Å²) < 4.78 is 4.95. The van der Waals surface area contributed by atoms with Crippen LogP contribution in [0, 0.1) is 11.8 Å². The summed E-state index contributed by atoms with van der Waals surface area (Å²) in [6, 6.07) is 0. The molecule has 0 saturated carbocycles. The van der Waals surface area contributed by atoms with Crippen LogP contribution in [0.5, 0.6) is 0 Å². The molecule has 0 radical (unpaired) electrons. The SMILES string of the molecule is C=C[C@H](CCC)[C@H](C)C(=O)OCC. The summed E-state index contributed by atoms with van der Waals surface area (Å²) >= 11 is 0. The topological polar surface area (TPSA) is 26.3 Å². The van der Waals surface area contributed by atoms with Gasteiger partial charge in [0.1, 0.15) is 0 Å². The van der Waals surface area contributed by atoms with Gasteiger partial charge in [-0.05, 0) is 19.3 Å². The van der Waals surface area contributed by atoms with E-state index in [-0.39, 0.29) is 17.8 Å². The first kappa shape index (κ1) is 12.2. The van der Waals surface area contributed by atoms with Crippen molar-refractivity contribution in [2.75, 3.05) is 6.61 Å². The van der Waals surface area contributed by atoms with Crippen LogP contribution in [0.3, 0.4) is 0 Å². The van der Waals surface area contributed by atoms with Gasteiger partial charge >= 0.3 is 5.97 Å². The molecule has 0 heterocycles. The maximum atomic E-state index is 11.3. The third-order valence-corrected chi connectivity index (χ3v) is 2.23. The first-order chi connectivity index (χ1) is 6.17. The molecule has 0 spiro atoms. The van der Waals surface area contributed by atoms with E-state index in [1.54, 1.807) is 0 Å². The van der Waals surface area contributed by atoms with Crippen LogP contribution in [0.4, 0.5) is 0 Å². The van der Waals surface area contributed by atoms with E-state index in [1.165, 1.54) is 0 Å². The number of esters is 1. The number of ether oxygens (including phenoxy) is 1. The summed E-state index contributed by atoms with van der Waals surface area (Å²) in [7, 11) is 0. The molecular weight excluding hydrogens is 164 g/mol. The fourth-order valence-corrected chi connectivity index (χ4v) is 1.35. The second-order valence-corrected chi connectivity index (χ2v) is 3.23. The molecule has 2 nitrogen and oxygen atoms in total. The number of carbonyl (C=O) groups is 1. The predicted molar refractivity (Wildman–Crippen MR) is 54.4 cm³/mol. The Morgan fingerprint density at radius 2 is 2.15 bits per heavy atom. The summed E-state index contributed by atoms with van der Waals surface area (Å²) in [5, 5.41) is 0. The Bertz CT molecular complexity index is 163. The minimum absolute atomic E-state index is 0.0580. The van der Waals surface area contributed by atoms with Crippen LogP contribution < -0.4 is 0 Å². The molecular formula is C11H20O2. The molecule has 0 aromatic heterocycles. The van der Waals surface area contributed by atoms with Gasteiger partial charge in [0.05, 0.1) is 12.5 Å². The molecule has 13 heavy (non-hydrogen) atoms. The third kappa shape index (κ3) is 4.11. The maximum absolute atomic E-state index is 11.3. The van der Waals surface area contributed by atoms with Crippen molar-refractivity contribution in [2.45, 2.75) is 33.6 Å². The van der Waals surface area contributed by atoms with Gasteiger partial charge in [-0.25, -0.2) is 0 Å². The van der Waals surface area contributed by atoms with Crippen LogP contribution in [0.15, 0.2) is 12.7 Å². The zero-order valence-electron chi connectivity index (χ0n) is 8.88. The van der Waals surface area contributed by atoms with E-state index in [4.69, 9.17) is 4.74 Å². The summed E-state index contributed by atoms with van der Waals surface area (Å²) in [5.74, 6) is 0.0855. The molecule has 76 valence electrons. The van der Waals surface area contributed by atoms with Crippen molar-refractivity contribution >= 4 is 5.97 Å². The molecule has 0 N–H and O–H groups in total. The molecule has 0 aromatic carbocycles. The van der Waals surface area contributed by atoms with Gasteiger partial charge in [-0.2, -0.15) is 0 Å². The molecule has 0 rings (SSSR count). The lowest BCUT2D eigenvalue weighted by molar-refractivity contribution is -0.148. The van der Waals surface area contributed by atoms with Crippen molar-refractivity contribution in [1.82, 2.24) is 0 Å². The molecule has 0 aliphatic heterocycles. The third-order valence-electron chi connectivity index (χ3n) is 2.23. The van der Waals surface area contributed by atoms with Gasteiger partial charge in [-0.1, -0.05) is 26.3 Å². The second-order valence-electron chi connectivity index (χ2n) is 3.23. The van der Waals surface area contributed by atoms with E-state index < -0.39 is 0 Å². The molecule has 0 aliphatic rings. The number of carbonyl (C=O) groups excluding carboxylic acids is 1. The number of hydrogen-bond donors (Lipinski definition) is 0. The van der Waals surface area contributed by atoms with Crippen LogP contribution in [0.25, 0.3) is 0 Å². The highest BCUT2D eigenvalue weighted by molar-refractivity contribution is 5.72. The van der Waals surface area contributed by atoms with Crippen LogP contribution in [-0.2, 0) is 9.53 Å². The standard InChI is InChI=1S/C11H20O2/c1-5-8-10(6-2)9(4)11(12)13-7-3/h6,9-10H,2,5,7-8H2,1,3-4H3/t9-,10+/m0/s1. The van der Waals surface area contributed by atoms with E-state index in [0.717, 1.165) is 12.8 Å². The number of rotatable bonds is 6. The zero-order valence-corrected chi connectivity index (χ0v) is 8.88. The van der Waals surface area contributed by atoms with Crippen molar-refractivity contribution in [3.63, 3.8) is 0 Å². The van der Waals surface area contributed by atoms with E-state index in [2.05, 4.69) is 13.5 Å². The fraction of sp³-hybridized carbons (Fsp3) is 0.727. The van der Waals surface area contributed by atoms with Gasteiger partial charge < -0.3 is 4.74 Å². The first-order valence-electron chi connectivity index (χ1n) is 4.96. The summed E-state index contributed by atoms with van der Waals surface area (Å²) in [6.07, 6.45) is 3.93. The highest BCUT2D eigenvalue weighted by atomic mass is 16.5. The van der Waals surface area contributed by atoms with Gasteiger partial charge in [-0.15, -0.1) is 6.58 Å². The van der Waals surface area contributed by atoms with Gasteiger partial charge in [0.2, 0.25) is 0 Å². The lowest BCUT2D eigenvalue weighted by atomic mass is 9.90. The normalized spacial score (nSPS) is 14.7. The summed E-state index contributed by atoms with van der Waals surface area (Å²) in [5.41, 5.74) is 0. The van der Waals surface area contributed by atoms with Gasteiger partial charge in [0, 0.05) is 0 Å². The minimum atomic E-state index is -0.110. The molecule has 2 heteroatoms. The van der Waals surface area contributed by atoms with Crippen LogP contribution in [0.1, 0.15) is 33.6 Å². The predicted octanol–water partition coefficient (Wildman–Crippen LogP) is 2.79. The monoisotopic (exact) mass is 184 g/mol.